The molecule has 3 N–H and O–H groups in total. The lowest BCUT2D eigenvalue weighted by atomic mass is 10.0. The topological polar surface area (TPSA) is 63.3 Å². The summed E-state index contributed by atoms with van der Waals surface area (Å²) >= 11 is 0. The number of carboxylic acid groups (broad SMARTS) is 1. The predicted octanol–water partition coefficient (Wildman–Crippen LogP) is 7.04. The molecule has 0 radical (unpaired) electrons. The maximum absolute atomic E-state index is 10.6. The predicted molar refractivity (Wildman–Crippen MR) is 120 cm³/mol. The zero-order chi connectivity index (χ0) is 19.3. The van der Waals surface area contributed by atoms with Crippen molar-refractivity contribution in [2.75, 3.05) is 11.5 Å². The number of carboxylic acids is 1. The number of unbranched alkanes of at least 4 members (excludes halogenated alkanes) is 15. The van der Waals surface area contributed by atoms with Gasteiger partial charge in [-0.25, -0.2) is 0 Å². The van der Waals surface area contributed by atoms with E-state index >= 15 is 0 Å². The zero-order valence-electron chi connectivity index (χ0n) is 17.1. The summed E-state index contributed by atoms with van der Waals surface area (Å²) in [6.45, 7) is 2.28. The Morgan fingerprint density at radius 1 is 0.731 bits per heavy atom. The van der Waals surface area contributed by atoms with Gasteiger partial charge < -0.3 is 10.8 Å². The van der Waals surface area contributed by atoms with E-state index in [1.165, 1.54) is 103 Å². The van der Waals surface area contributed by atoms with Crippen molar-refractivity contribution in [2.45, 2.75) is 116 Å². The molecular weight excluding hydrogens is 362 g/mol. The molecule has 156 valence electrons. The maximum atomic E-state index is 10.6. The van der Waals surface area contributed by atoms with Crippen LogP contribution in [0.5, 0.6) is 0 Å². The summed E-state index contributed by atoms with van der Waals surface area (Å²) < 4.78 is 0. The monoisotopic (exact) mass is 405 g/mol. The molecule has 0 amide bonds. The molecule has 0 heterocycles. The largest absolute Gasteiger partial charge is 0.480 e. The fourth-order valence-corrected chi connectivity index (χ4v) is 5.22. The third-order valence-corrected chi connectivity index (χ3v) is 7.25. The van der Waals surface area contributed by atoms with Gasteiger partial charge in [0.1, 0.15) is 6.04 Å². The van der Waals surface area contributed by atoms with Crippen LogP contribution in [0.1, 0.15) is 110 Å². The first-order chi connectivity index (χ1) is 12.7. The van der Waals surface area contributed by atoms with Crippen molar-refractivity contribution in [1.82, 2.24) is 0 Å². The third kappa shape index (κ3) is 20.4. The summed E-state index contributed by atoms with van der Waals surface area (Å²) in [5, 5.41) is 8.69. The molecule has 0 aromatic rings. The van der Waals surface area contributed by atoms with Gasteiger partial charge in [0.2, 0.25) is 0 Å². The van der Waals surface area contributed by atoms with Gasteiger partial charge in [-0.15, -0.1) is 0 Å². The van der Waals surface area contributed by atoms with E-state index < -0.39 is 12.0 Å². The van der Waals surface area contributed by atoms with Crippen molar-refractivity contribution >= 4 is 27.6 Å². The van der Waals surface area contributed by atoms with Crippen molar-refractivity contribution < 1.29 is 9.90 Å². The second-order valence-corrected chi connectivity index (χ2v) is 9.98. The van der Waals surface area contributed by atoms with Gasteiger partial charge in [0.25, 0.3) is 0 Å². The normalized spacial score (nSPS) is 12.4. The number of aliphatic carboxylic acids is 1. The number of hydrogen-bond donors (Lipinski definition) is 2. The van der Waals surface area contributed by atoms with E-state index in [1.54, 1.807) is 21.6 Å². The summed E-state index contributed by atoms with van der Waals surface area (Å²) in [6, 6.07) is -0.724. The minimum Gasteiger partial charge on any atom is -0.480 e. The van der Waals surface area contributed by atoms with E-state index in [2.05, 4.69) is 6.92 Å². The Hall–Kier alpha value is 0.130. The quantitative estimate of drug-likeness (QED) is 0.158. The van der Waals surface area contributed by atoms with Crippen LogP contribution in [-0.2, 0) is 4.79 Å². The zero-order valence-corrected chi connectivity index (χ0v) is 18.7. The van der Waals surface area contributed by atoms with E-state index in [9.17, 15) is 4.79 Å². The first-order valence-corrected chi connectivity index (χ1v) is 13.4. The molecule has 0 rings (SSSR count). The van der Waals surface area contributed by atoms with Crippen LogP contribution in [0, 0.1) is 0 Å². The van der Waals surface area contributed by atoms with E-state index in [4.69, 9.17) is 10.8 Å². The van der Waals surface area contributed by atoms with Crippen LogP contribution >= 0.6 is 21.6 Å². The Kier molecular flexibility index (Phi) is 21.5. The van der Waals surface area contributed by atoms with Crippen LogP contribution in [0.15, 0.2) is 0 Å². The number of hydrogen-bond acceptors (Lipinski definition) is 4. The lowest BCUT2D eigenvalue weighted by Crippen LogP contribution is -2.32. The molecule has 0 aromatic carbocycles. The summed E-state index contributed by atoms with van der Waals surface area (Å²) in [5.41, 5.74) is 5.46. The first kappa shape index (κ1) is 26.1. The number of carbonyl (C=O) groups is 1. The molecule has 0 saturated heterocycles. The minimum atomic E-state index is -0.902. The highest BCUT2D eigenvalue weighted by molar-refractivity contribution is 8.76. The average Bonchev–Trinajstić information content (AvgIpc) is 2.63. The van der Waals surface area contributed by atoms with Crippen LogP contribution in [0.2, 0.25) is 0 Å². The van der Waals surface area contributed by atoms with Gasteiger partial charge in [-0.2, -0.15) is 0 Å². The van der Waals surface area contributed by atoms with Crippen molar-refractivity contribution in [2.24, 2.45) is 5.73 Å². The molecule has 0 aliphatic rings. The molecule has 5 heteroatoms. The standard InChI is InChI=1S/C21H43NO2S2/c1-2-3-4-5-6-7-8-9-10-11-12-13-14-15-16-17-18-25-26-19-20(22)21(23)24/h20H,2-19,22H2,1H3,(H,23,24). The Morgan fingerprint density at radius 3 is 1.50 bits per heavy atom. The maximum Gasteiger partial charge on any atom is 0.321 e. The molecule has 0 fully saturated rings. The number of nitrogens with two attached hydrogens (primary N) is 1. The highest BCUT2D eigenvalue weighted by Gasteiger charge is 2.10. The van der Waals surface area contributed by atoms with Gasteiger partial charge in [-0.3, -0.25) is 4.79 Å². The highest BCUT2D eigenvalue weighted by Crippen LogP contribution is 2.23. The summed E-state index contributed by atoms with van der Waals surface area (Å²) in [7, 11) is 3.35. The van der Waals surface area contributed by atoms with Gasteiger partial charge in [0, 0.05) is 11.5 Å². The van der Waals surface area contributed by atoms with E-state index in [0.717, 1.165) is 5.75 Å². The molecule has 26 heavy (non-hydrogen) atoms. The summed E-state index contributed by atoms with van der Waals surface area (Å²) in [4.78, 5) is 10.6. The Bertz CT molecular complexity index is 304. The molecule has 1 unspecified atom stereocenters. The van der Waals surface area contributed by atoms with Crippen molar-refractivity contribution in [3.05, 3.63) is 0 Å². The van der Waals surface area contributed by atoms with E-state index in [-0.39, 0.29) is 0 Å². The van der Waals surface area contributed by atoms with Crippen LogP contribution in [-0.4, -0.2) is 28.6 Å². The lowest BCUT2D eigenvalue weighted by molar-refractivity contribution is -0.137. The molecular formula is C21H43NO2S2. The first-order valence-electron chi connectivity index (χ1n) is 10.9. The fraction of sp³-hybridized carbons (Fsp3) is 0.952. The molecule has 0 saturated carbocycles. The van der Waals surface area contributed by atoms with Crippen molar-refractivity contribution in [3.8, 4) is 0 Å². The molecule has 0 aromatic heterocycles. The van der Waals surface area contributed by atoms with Crippen LogP contribution in [0.4, 0.5) is 0 Å². The fourth-order valence-electron chi connectivity index (χ4n) is 2.96. The summed E-state index contributed by atoms with van der Waals surface area (Å²) in [6.07, 6.45) is 22.3. The molecule has 0 bridgehead atoms. The average molecular weight is 406 g/mol. The molecule has 0 aliphatic carbocycles. The second kappa shape index (κ2) is 21.4. The van der Waals surface area contributed by atoms with Gasteiger partial charge in [-0.05, 0) is 6.42 Å². The van der Waals surface area contributed by atoms with E-state index in [0.29, 0.717) is 5.75 Å². The number of rotatable bonds is 21. The van der Waals surface area contributed by atoms with Gasteiger partial charge >= 0.3 is 5.97 Å². The SMILES string of the molecule is CCCCCCCCCCCCCCCCCCSSCC(N)C(=O)O. The Balaban J connectivity index is 3.04. The van der Waals surface area contributed by atoms with Crippen molar-refractivity contribution in [1.29, 1.82) is 0 Å². The molecule has 0 spiro atoms. The molecule has 1 atom stereocenters. The van der Waals surface area contributed by atoms with E-state index in [1.807, 2.05) is 0 Å². The van der Waals surface area contributed by atoms with Gasteiger partial charge in [0.15, 0.2) is 0 Å². The Morgan fingerprint density at radius 2 is 1.12 bits per heavy atom. The van der Waals surface area contributed by atoms with Gasteiger partial charge in [0.05, 0.1) is 0 Å². The van der Waals surface area contributed by atoms with Crippen LogP contribution in [0.25, 0.3) is 0 Å². The van der Waals surface area contributed by atoms with Gasteiger partial charge in [-0.1, -0.05) is 125 Å². The van der Waals surface area contributed by atoms with Crippen LogP contribution in [0.3, 0.4) is 0 Å². The second-order valence-electron chi connectivity index (χ2n) is 7.35. The Labute approximate surface area is 170 Å². The van der Waals surface area contributed by atoms with Crippen molar-refractivity contribution in [3.63, 3.8) is 0 Å². The minimum absolute atomic E-state index is 0.499. The highest BCUT2D eigenvalue weighted by atomic mass is 33.1. The third-order valence-electron chi connectivity index (χ3n) is 4.73. The lowest BCUT2D eigenvalue weighted by Gasteiger charge is -2.05. The summed E-state index contributed by atoms with van der Waals surface area (Å²) in [5.74, 6) is 0.703. The molecule has 3 nitrogen and oxygen atoms in total. The van der Waals surface area contributed by atoms with Crippen LogP contribution < -0.4 is 5.73 Å². The molecule has 0 aliphatic heterocycles. The smallest absolute Gasteiger partial charge is 0.321 e.